The van der Waals surface area contributed by atoms with Gasteiger partial charge in [-0.15, -0.1) is 0 Å². The molecule has 0 fully saturated rings. The van der Waals surface area contributed by atoms with E-state index >= 15 is 0 Å². The summed E-state index contributed by atoms with van der Waals surface area (Å²) in [6.07, 6.45) is -1.13. The fourth-order valence-electron chi connectivity index (χ4n) is 1.54. The number of ether oxygens (including phenoxy) is 1. The minimum absolute atomic E-state index is 0.249. The number of nitrogens with zero attached hydrogens (tertiary/aromatic N) is 1. The third-order valence-electron chi connectivity index (χ3n) is 2.62. The molecule has 0 amide bonds. The molecule has 0 saturated heterocycles. The normalized spacial score (nSPS) is 13.3. The van der Waals surface area contributed by atoms with E-state index in [0.29, 0.717) is 6.07 Å². The van der Waals surface area contributed by atoms with Crippen LogP contribution in [0.2, 0.25) is 0 Å². The molecule has 1 N–H and O–H groups in total. The first-order valence-corrected chi connectivity index (χ1v) is 5.74. The maximum atomic E-state index is 14.2. The number of non-ortho nitro benzene ring substituents is 1. The van der Waals surface area contributed by atoms with Gasteiger partial charge in [-0.25, -0.2) is 18.4 Å². The van der Waals surface area contributed by atoms with Crippen LogP contribution in [0.5, 0.6) is 0 Å². The first kappa shape index (κ1) is 16.5. The van der Waals surface area contributed by atoms with E-state index in [1.54, 1.807) is 0 Å². The molecule has 1 rings (SSSR count). The van der Waals surface area contributed by atoms with Gasteiger partial charge in [0.2, 0.25) is 0 Å². The lowest BCUT2D eigenvalue weighted by molar-refractivity contribution is -0.385. The number of aliphatic carboxylic acids is 1. The fourth-order valence-corrected chi connectivity index (χ4v) is 1.54. The molecular weight excluding hydrogens is 292 g/mol. The van der Waals surface area contributed by atoms with E-state index in [1.807, 2.05) is 0 Å². The van der Waals surface area contributed by atoms with Gasteiger partial charge in [-0.2, -0.15) is 0 Å². The van der Waals surface area contributed by atoms with E-state index < -0.39 is 46.0 Å². The van der Waals surface area contributed by atoms with Crippen molar-refractivity contribution in [2.75, 3.05) is 6.61 Å². The van der Waals surface area contributed by atoms with Crippen LogP contribution in [0, 0.1) is 15.9 Å². The number of hydrogen-bond acceptors (Lipinski definition) is 5. The molecule has 0 radical (unpaired) electrons. The quantitative estimate of drug-likeness (QED) is 0.370. The van der Waals surface area contributed by atoms with Gasteiger partial charge < -0.3 is 9.84 Å². The summed E-state index contributed by atoms with van der Waals surface area (Å²) in [5, 5.41) is 19.3. The summed E-state index contributed by atoms with van der Waals surface area (Å²) in [7, 11) is 0. The maximum absolute atomic E-state index is 14.2. The molecule has 7 nitrogen and oxygen atoms in total. The summed E-state index contributed by atoms with van der Waals surface area (Å²) in [6, 6.07) is 2.25. The standard InChI is InChI=1S/C12H11F2NO6/c1-2-21-11(18)12(14,10(16)17)6-7-3-4-8(15(19)20)5-9(7)13/h3-5H,2,6H2,1H3,(H,16,17). The van der Waals surface area contributed by atoms with Crippen LogP contribution in [0.25, 0.3) is 0 Å². The van der Waals surface area contributed by atoms with E-state index in [4.69, 9.17) is 5.11 Å². The van der Waals surface area contributed by atoms with Crippen LogP contribution in [-0.2, 0) is 20.7 Å². The van der Waals surface area contributed by atoms with Crippen molar-refractivity contribution >= 4 is 17.6 Å². The first-order valence-electron chi connectivity index (χ1n) is 5.74. The van der Waals surface area contributed by atoms with E-state index in [2.05, 4.69) is 4.74 Å². The van der Waals surface area contributed by atoms with Crippen molar-refractivity contribution in [1.29, 1.82) is 0 Å². The maximum Gasteiger partial charge on any atom is 0.356 e. The summed E-state index contributed by atoms with van der Waals surface area (Å²) in [5.74, 6) is -4.97. The molecule has 0 saturated carbocycles. The van der Waals surface area contributed by atoms with E-state index in [-0.39, 0.29) is 6.61 Å². The number of nitro groups is 1. The van der Waals surface area contributed by atoms with Crippen LogP contribution < -0.4 is 0 Å². The Balaban J connectivity index is 3.13. The van der Waals surface area contributed by atoms with Crippen LogP contribution >= 0.6 is 0 Å². The second-order valence-corrected chi connectivity index (χ2v) is 4.04. The number of rotatable bonds is 6. The summed E-state index contributed by atoms with van der Waals surface area (Å²) in [5.41, 5.74) is -4.53. The first-order chi connectivity index (χ1) is 9.72. The molecule has 1 atom stereocenters. The Labute approximate surface area is 117 Å². The predicted octanol–water partition coefficient (Wildman–Crippen LogP) is 1.63. The van der Waals surface area contributed by atoms with Crippen LogP contribution in [0.15, 0.2) is 18.2 Å². The topological polar surface area (TPSA) is 107 Å². The Kier molecular flexibility index (Phi) is 4.90. The van der Waals surface area contributed by atoms with Gasteiger partial charge in [-0.1, -0.05) is 0 Å². The molecule has 0 heterocycles. The lowest BCUT2D eigenvalue weighted by atomic mass is 9.96. The van der Waals surface area contributed by atoms with Crippen molar-refractivity contribution in [1.82, 2.24) is 0 Å². The van der Waals surface area contributed by atoms with E-state index in [1.165, 1.54) is 6.92 Å². The third-order valence-corrected chi connectivity index (χ3v) is 2.62. The summed E-state index contributed by atoms with van der Waals surface area (Å²) in [4.78, 5) is 31.9. The predicted molar refractivity (Wildman–Crippen MR) is 64.9 cm³/mol. The molecule has 0 aliphatic rings. The Morgan fingerprint density at radius 2 is 2.10 bits per heavy atom. The zero-order valence-electron chi connectivity index (χ0n) is 10.8. The lowest BCUT2D eigenvalue weighted by Crippen LogP contribution is -2.45. The smallest absolute Gasteiger partial charge is 0.356 e. The van der Waals surface area contributed by atoms with Crippen LogP contribution in [0.4, 0.5) is 14.5 Å². The van der Waals surface area contributed by atoms with Gasteiger partial charge in [-0.05, 0) is 18.6 Å². The number of benzene rings is 1. The van der Waals surface area contributed by atoms with Gasteiger partial charge in [0.1, 0.15) is 5.82 Å². The highest BCUT2D eigenvalue weighted by molar-refractivity contribution is 6.02. The third kappa shape index (κ3) is 3.50. The molecule has 9 heteroatoms. The fraction of sp³-hybridized carbons (Fsp3) is 0.333. The van der Waals surface area contributed by atoms with Gasteiger partial charge >= 0.3 is 17.6 Å². The molecular formula is C12H11F2NO6. The second kappa shape index (κ2) is 6.25. The molecule has 21 heavy (non-hydrogen) atoms. The second-order valence-electron chi connectivity index (χ2n) is 4.04. The highest BCUT2D eigenvalue weighted by Gasteiger charge is 2.49. The number of nitro benzene ring substituents is 1. The van der Waals surface area contributed by atoms with Crippen molar-refractivity contribution in [3.8, 4) is 0 Å². The molecule has 114 valence electrons. The Morgan fingerprint density at radius 3 is 2.52 bits per heavy atom. The number of carboxylic acid groups (broad SMARTS) is 1. The molecule has 1 unspecified atom stereocenters. The zero-order chi connectivity index (χ0) is 16.2. The molecule has 0 bridgehead atoms. The molecule has 1 aromatic carbocycles. The Bertz CT molecular complexity index is 591. The van der Waals surface area contributed by atoms with Gasteiger partial charge in [0.05, 0.1) is 17.6 Å². The number of carbonyl (C=O) groups excluding carboxylic acids is 1. The molecule has 0 aromatic heterocycles. The highest BCUT2D eigenvalue weighted by atomic mass is 19.1. The number of carboxylic acids is 1. The van der Waals surface area contributed by atoms with Crippen molar-refractivity contribution in [2.24, 2.45) is 0 Å². The van der Waals surface area contributed by atoms with Crippen molar-refractivity contribution in [3.05, 3.63) is 39.7 Å². The van der Waals surface area contributed by atoms with Crippen molar-refractivity contribution in [3.63, 3.8) is 0 Å². The van der Waals surface area contributed by atoms with Crippen LogP contribution in [0.1, 0.15) is 12.5 Å². The van der Waals surface area contributed by atoms with Crippen molar-refractivity contribution in [2.45, 2.75) is 19.0 Å². The van der Waals surface area contributed by atoms with E-state index in [9.17, 15) is 28.5 Å². The van der Waals surface area contributed by atoms with Gasteiger partial charge in [0, 0.05) is 12.5 Å². The van der Waals surface area contributed by atoms with Crippen LogP contribution in [0.3, 0.4) is 0 Å². The van der Waals surface area contributed by atoms with E-state index in [0.717, 1.165) is 12.1 Å². The molecule has 0 aliphatic carbocycles. The Hall–Kier alpha value is -2.58. The monoisotopic (exact) mass is 303 g/mol. The minimum atomic E-state index is -3.47. The zero-order valence-corrected chi connectivity index (χ0v) is 10.8. The number of esters is 1. The number of hydrogen-bond donors (Lipinski definition) is 1. The average molecular weight is 303 g/mol. The average Bonchev–Trinajstić information content (AvgIpc) is 2.40. The number of carbonyl (C=O) groups is 2. The minimum Gasteiger partial charge on any atom is -0.478 e. The SMILES string of the molecule is CCOC(=O)C(F)(Cc1ccc([N+](=O)[O-])cc1F)C(=O)O. The number of alkyl halides is 1. The molecule has 0 spiro atoms. The van der Waals surface area contributed by atoms with Gasteiger partial charge in [0.25, 0.3) is 5.69 Å². The summed E-state index contributed by atoms with van der Waals surface area (Å²) in [6.45, 7) is 1.10. The van der Waals surface area contributed by atoms with Crippen LogP contribution in [-0.4, -0.2) is 34.2 Å². The lowest BCUT2D eigenvalue weighted by Gasteiger charge is -2.18. The van der Waals surface area contributed by atoms with Gasteiger partial charge in [-0.3, -0.25) is 10.1 Å². The molecule has 0 aliphatic heterocycles. The molecule has 1 aromatic rings. The largest absolute Gasteiger partial charge is 0.478 e. The summed E-state index contributed by atoms with van der Waals surface area (Å²) >= 11 is 0. The summed E-state index contributed by atoms with van der Waals surface area (Å²) < 4.78 is 32.2. The number of halogens is 2. The van der Waals surface area contributed by atoms with Crippen molar-refractivity contribution < 1.29 is 33.1 Å². The highest BCUT2D eigenvalue weighted by Crippen LogP contribution is 2.25. The van der Waals surface area contributed by atoms with Gasteiger partial charge in [0.15, 0.2) is 0 Å². The Morgan fingerprint density at radius 1 is 1.48 bits per heavy atom.